The molecule has 0 saturated carbocycles. The molecule has 0 unspecified atom stereocenters. The summed E-state index contributed by atoms with van der Waals surface area (Å²) in [6.07, 6.45) is 2.59. The molecule has 3 N–H and O–H groups in total. The zero-order valence-corrected chi connectivity index (χ0v) is 9.91. The van der Waals surface area contributed by atoms with Gasteiger partial charge in [0.15, 0.2) is 0 Å². The summed E-state index contributed by atoms with van der Waals surface area (Å²) in [6, 6.07) is 0. The van der Waals surface area contributed by atoms with Gasteiger partial charge in [-0.05, 0) is 33.4 Å². The Kier molecular flexibility index (Phi) is 4.99. The van der Waals surface area contributed by atoms with Gasteiger partial charge in [-0.25, -0.2) is 0 Å². The summed E-state index contributed by atoms with van der Waals surface area (Å²) in [6.45, 7) is 2.85. The first-order valence-electron chi connectivity index (χ1n) is 5.69. The number of hydrogen-bond donors (Lipinski definition) is 2. The lowest BCUT2D eigenvalue weighted by Crippen LogP contribution is -2.43. The van der Waals surface area contributed by atoms with Crippen LogP contribution < -0.4 is 5.73 Å². The lowest BCUT2D eigenvalue weighted by atomic mass is 9.78. The van der Waals surface area contributed by atoms with E-state index in [1.165, 1.54) is 0 Å². The van der Waals surface area contributed by atoms with E-state index in [4.69, 9.17) is 10.5 Å². The number of aliphatic hydroxyl groups excluding tert-OH is 1. The average molecular weight is 216 g/mol. The Balaban J connectivity index is 2.43. The first kappa shape index (κ1) is 12.9. The van der Waals surface area contributed by atoms with Crippen molar-refractivity contribution in [1.82, 2.24) is 4.90 Å². The van der Waals surface area contributed by atoms with E-state index in [-0.39, 0.29) is 11.5 Å². The van der Waals surface area contributed by atoms with E-state index >= 15 is 0 Å². The fraction of sp³-hybridized carbons (Fsp3) is 1.00. The third-order valence-corrected chi connectivity index (χ3v) is 3.08. The smallest absolute Gasteiger partial charge is 0.0673 e. The molecule has 0 aromatic rings. The van der Waals surface area contributed by atoms with Crippen molar-refractivity contribution >= 4 is 0 Å². The molecule has 90 valence electrons. The minimum Gasteiger partial charge on any atom is -0.392 e. The molecule has 2 atom stereocenters. The van der Waals surface area contributed by atoms with Crippen molar-refractivity contribution in [2.45, 2.75) is 25.4 Å². The minimum atomic E-state index is -0.301. The van der Waals surface area contributed by atoms with Gasteiger partial charge in [0.25, 0.3) is 0 Å². The van der Waals surface area contributed by atoms with E-state index in [2.05, 4.69) is 0 Å². The lowest BCUT2D eigenvalue weighted by molar-refractivity contribution is -0.0333. The normalized spacial score (nSPS) is 29.4. The number of nitrogens with zero attached hydrogens (tertiary/aromatic N) is 1. The fourth-order valence-corrected chi connectivity index (χ4v) is 2.30. The van der Waals surface area contributed by atoms with E-state index in [0.29, 0.717) is 19.7 Å². The maximum atomic E-state index is 9.92. The van der Waals surface area contributed by atoms with Gasteiger partial charge in [-0.15, -0.1) is 0 Å². The molecule has 1 saturated heterocycles. The number of ether oxygens (including phenoxy) is 1. The first-order valence-corrected chi connectivity index (χ1v) is 5.69. The van der Waals surface area contributed by atoms with Crippen LogP contribution >= 0.6 is 0 Å². The second-order valence-corrected chi connectivity index (χ2v) is 4.98. The number of likely N-dealkylation sites (N-methyl/N-ethyl adjacent to an activating group) is 1. The van der Waals surface area contributed by atoms with Crippen molar-refractivity contribution in [3.8, 4) is 0 Å². The van der Waals surface area contributed by atoms with Crippen LogP contribution in [0.1, 0.15) is 19.3 Å². The topological polar surface area (TPSA) is 58.7 Å². The van der Waals surface area contributed by atoms with Crippen LogP contribution in [0.2, 0.25) is 0 Å². The van der Waals surface area contributed by atoms with Crippen LogP contribution in [-0.4, -0.2) is 56.5 Å². The van der Waals surface area contributed by atoms with Crippen molar-refractivity contribution in [2.75, 3.05) is 40.4 Å². The Morgan fingerprint density at radius 3 is 2.73 bits per heavy atom. The van der Waals surface area contributed by atoms with Gasteiger partial charge >= 0.3 is 0 Å². The highest BCUT2D eigenvalue weighted by Crippen LogP contribution is 2.32. The molecular weight excluding hydrogens is 192 g/mol. The van der Waals surface area contributed by atoms with Crippen molar-refractivity contribution < 1.29 is 9.84 Å². The predicted octanol–water partition coefficient (Wildman–Crippen LogP) is 0.0545. The van der Waals surface area contributed by atoms with Gasteiger partial charge in [-0.3, -0.25) is 0 Å². The van der Waals surface area contributed by atoms with Crippen LogP contribution in [0.5, 0.6) is 0 Å². The monoisotopic (exact) mass is 216 g/mol. The van der Waals surface area contributed by atoms with E-state index in [1.807, 2.05) is 19.0 Å². The zero-order chi connectivity index (χ0) is 11.3. The van der Waals surface area contributed by atoms with E-state index in [1.54, 1.807) is 0 Å². The number of rotatable bonds is 5. The third-order valence-electron chi connectivity index (χ3n) is 3.08. The molecular formula is C11H24N2O2. The summed E-state index contributed by atoms with van der Waals surface area (Å²) in [4.78, 5) is 2.00. The summed E-state index contributed by atoms with van der Waals surface area (Å²) in [5.74, 6) is 0. The van der Waals surface area contributed by atoms with Gasteiger partial charge in [-0.2, -0.15) is 0 Å². The van der Waals surface area contributed by atoms with Gasteiger partial charge in [0.2, 0.25) is 0 Å². The molecule has 4 nitrogen and oxygen atoms in total. The molecule has 0 radical (unpaired) electrons. The van der Waals surface area contributed by atoms with Gasteiger partial charge in [-0.1, -0.05) is 0 Å². The maximum Gasteiger partial charge on any atom is 0.0673 e. The molecule has 0 bridgehead atoms. The molecule has 0 aromatic heterocycles. The molecule has 0 aliphatic carbocycles. The van der Waals surface area contributed by atoms with Crippen LogP contribution in [0.3, 0.4) is 0 Å². The minimum absolute atomic E-state index is 0.00762. The molecule has 15 heavy (non-hydrogen) atoms. The fourth-order valence-electron chi connectivity index (χ4n) is 2.30. The Labute approximate surface area is 92.4 Å². The van der Waals surface area contributed by atoms with Crippen molar-refractivity contribution in [1.29, 1.82) is 0 Å². The SMILES string of the molecule is CN(C)C[C@H](O)C[C@@]1(CN)CCCOC1. The van der Waals surface area contributed by atoms with Crippen LogP contribution in [0, 0.1) is 5.41 Å². The molecule has 0 aromatic carbocycles. The second-order valence-electron chi connectivity index (χ2n) is 4.98. The standard InChI is InChI=1S/C11H24N2O2/c1-13(2)7-10(14)6-11(8-12)4-3-5-15-9-11/h10,14H,3-9,12H2,1-2H3/t10-,11-/m1/s1. The molecule has 1 aliphatic heterocycles. The molecule has 1 aliphatic rings. The van der Waals surface area contributed by atoms with E-state index in [9.17, 15) is 5.11 Å². The van der Waals surface area contributed by atoms with Crippen LogP contribution in [0.4, 0.5) is 0 Å². The number of aliphatic hydroxyl groups is 1. The predicted molar refractivity (Wildman–Crippen MR) is 60.7 cm³/mol. The molecule has 1 rings (SSSR count). The Morgan fingerprint density at radius 2 is 2.27 bits per heavy atom. The van der Waals surface area contributed by atoms with Crippen LogP contribution in [-0.2, 0) is 4.74 Å². The summed E-state index contributed by atoms with van der Waals surface area (Å²) < 4.78 is 5.48. The van der Waals surface area contributed by atoms with Crippen molar-refractivity contribution in [2.24, 2.45) is 11.1 Å². The summed E-state index contributed by atoms with van der Waals surface area (Å²) in [7, 11) is 3.94. The molecule has 1 fully saturated rings. The number of nitrogens with two attached hydrogens (primary N) is 1. The van der Waals surface area contributed by atoms with Crippen LogP contribution in [0.25, 0.3) is 0 Å². The van der Waals surface area contributed by atoms with Gasteiger partial charge in [0.1, 0.15) is 0 Å². The zero-order valence-electron chi connectivity index (χ0n) is 9.91. The average Bonchev–Trinajstić information content (AvgIpc) is 2.17. The quantitative estimate of drug-likeness (QED) is 0.682. The second kappa shape index (κ2) is 5.80. The summed E-state index contributed by atoms with van der Waals surface area (Å²) in [5.41, 5.74) is 5.82. The Bertz CT molecular complexity index is 179. The highest BCUT2D eigenvalue weighted by molar-refractivity contribution is 4.85. The highest BCUT2D eigenvalue weighted by Gasteiger charge is 2.33. The van der Waals surface area contributed by atoms with E-state index < -0.39 is 0 Å². The van der Waals surface area contributed by atoms with Gasteiger partial charge in [0.05, 0.1) is 12.7 Å². The van der Waals surface area contributed by atoms with Gasteiger partial charge < -0.3 is 20.5 Å². The summed E-state index contributed by atoms with van der Waals surface area (Å²) in [5, 5.41) is 9.92. The lowest BCUT2D eigenvalue weighted by Gasteiger charge is -2.37. The molecule has 4 heteroatoms. The Hall–Kier alpha value is -0.160. The van der Waals surface area contributed by atoms with Crippen LogP contribution in [0.15, 0.2) is 0 Å². The molecule has 0 amide bonds. The first-order chi connectivity index (χ1) is 7.08. The van der Waals surface area contributed by atoms with E-state index in [0.717, 1.165) is 25.9 Å². The molecule has 1 heterocycles. The van der Waals surface area contributed by atoms with Gasteiger partial charge in [0, 0.05) is 25.1 Å². The third kappa shape index (κ3) is 4.07. The van der Waals surface area contributed by atoms with Crippen molar-refractivity contribution in [3.63, 3.8) is 0 Å². The highest BCUT2D eigenvalue weighted by atomic mass is 16.5. The molecule has 0 spiro atoms. The van der Waals surface area contributed by atoms with Crippen molar-refractivity contribution in [3.05, 3.63) is 0 Å². The largest absolute Gasteiger partial charge is 0.392 e. The Morgan fingerprint density at radius 1 is 1.53 bits per heavy atom. The maximum absolute atomic E-state index is 9.92. The summed E-state index contributed by atoms with van der Waals surface area (Å²) >= 11 is 0. The number of hydrogen-bond acceptors (Lipinski definition) is 4.